The fourth-order valence-electron chi connectivity index (χ4n) is 5.43. The smallest absolute Gasteiger partial charge is 0.273 e. The molecule has 1 saturated heterocycles. The molecule has 8 nitrogen and oxygen atoms in total. The van der Waals surface area contributed by atoms with Gasteiger partial charge in [0.25, 0.3) is 11.5 Å². The van der Waals surface area contributed by atoms with Crippen LogP contribution >= 0.6 is 0 Å². The maximum atomic E-state index is 13.6. The van der Waals surface area contributed by atoms with E-state index in [-0.39, 0.29) is 35.6 Å². The number of carbonyl (C=O) groups excluding carboxylic acids is 1. The van der Waals surface area contributed by atoms with E-state index in [4.69, 9.17) is 4.98 Å². The van der Waals surface area contributed by atoms with Gasteiger partial charge < -0.3 is 10.0 Å². The number of aliphatic hydroxyl groups is 1. The van der Waals surface area contributed by atoms with Gasteiger partial charge in [0.1, 0.15) is 5.56 Å². The number of fused-ring (bicyclic) bond motifs is 1. The van der Waals surface area contributed by atoms with Gasteiger partial charge in [0, 0.05) is 30.6 Å². The Morgan fingerprint density at radius 3 is 2.63 bits per heavy atom. The molecule has 35 heavy (non-hydrogen) atoms. The second-order valence-electron chi connectivity index (χ2n) is 9.95. The fraction of sp³-hybridized carbons (Fsp3) is 0.481. The van der Waals surface area contributed by atoms with Crippen molar-refractivity contribution in [1.29, 1.82) is 5.26 Å². The first-order valence-electron chi connectivity index (χ1n) is 12.6. The number of likely N-dealkylation sites (tertiary alicyclic amines) is 1. The van der Waals surface area contributed by atoms with E-state index in [2.05, 4.69) is 23.3 Å². The molecule has 0 radical (unpaired) electrons. The molecule has 1 aliphatic carbocycles. The highest BCUT2D eigenvalue weighted by atomic mass is 16.3. The number of nitriles is 1. The molecule has 1 amide bonds. The summed E-state index contributed by atoms with van der Waals surface area (Å²) >= 11 is 0. The van der Waals surface area contributed by atoms with Crippen molar-refractivity contribution >= 4 is 11.6 Å². The number of amides is 1. The maximum Gasteiger partial charge on any atom is 0.273 e. The number of aromatic nitrogens is 3. The van der Waals surface area contributed by atoms with E-state index in [1.807, 2.05) is 12.1 Å². The van der Waals surface area contributed by atoms with Crippen LogP contribution < -0.4 is 5.56 Å². The van der Waals surface area contributed by atoms with Crippen LogP contribution in [-0.2, 0) is 0 Å². The minimum Gasteiger partial charge on any atom is -0.396 e. The summed E-state index contributed by atoms with van der Waals surface area (Å²) in [6.45, 7) is 2.44. The number of benzene rings is 1. The lowest BCUT2D eigenvalue weighted by molar-refractivity contribution is 0.0789. The summed E-state index contributed by atoms with van der Waals surface area (Å²) in [5.41, 5.74) is 3.37. The van der Waals surface area contributed by atoms with Gasteiger partial charge in [-0.05, 0) is 30.7 Å². The van der Waals surface area contributed by atoms with E-state index in [1.165, 1.54) is 48.2 Å². The van der Waals surface area contributed by atoms with Crippen molar-refractivity contribution in [3.05, 3.63) is 57.5 Å². The Morgan fingerprint density at radius 1 is 1.23 bits per heavy atom. The van der Waals surface area contributed by atoms with Crippen LogP contribution in [0.2, 0.25) is 0 Å². The van der Waals surface area contributed by atoms with Crippen LogP contribution in [-0.4, -0.2) is 50.2 Å². The third kappa shape index (κ3) is 4.37. The predicted octanol–water partition coefficient (Wildman–Crippen LogP) is 3.82. The third-order valence-electron chi connectivity index (χ3n) is 7.57. The Bertz CT molecular complexity index is 1330. The lowest BCUT2D eigenvalue weighted by Crippen LogP contribution is -2.30. The highest BCUT2D eigenvalue weighted by Crippen LogP contribution is 2.33. The molecular formula is C27H31N5O3. The molecule has 2 fully saturated rings. The van der Waals surface area contributed by atoms with E-state index >= 15 is 0 Å². The first kappa shape index (κ1) is 23.3. The molecule has 0 bridgehead atoms. The number of aromatic amines is 1. The molecule has 182 valence electrons. The zero-order valence-electron chi connectivity index (χ0n) is 20.0. The van der Waals surface area contributed by atoms with Crippen LogP contribution in [0.3, 0.4) is 0 Å². The fourth-order valence-corrected chi connectivity index (χ4v) is 5.43. The molecule has 3 aromatic rings. The number of rotatable bonds is 5. The van der Waals surface area contributed by atoms with E-state index in [1.54, 1.807) is 11.8 Å². The number of nitrogens with one attached hydrogen (secondary N) is 1. The molecular weight excluding hydrogens is 442 g/mol. The summed E-state index contributed by atoms with van der Waals surface area (Å²) in [6, 6.07) is 12.0. The molecule has 2 atom stereocenters. The zero-order valence-corrected chi connectivity index (χ0v) is 20.0. The molecule has 2 aliphatic rings. The predicted molar refractivity (Wildman–Crippen MR) is 132 cm³/mol. The topological polar surface area (TPSA) is 114 Å². The Balaban J connectivity index is 1.56. The molecule has 1 aliphatic heterocycles. The molecule has 0 spiro atoms. The van der Waals surface area contributed by atoms with Crippen LogP contribution in [0.4, 0.5) is 0 Å². The average molecular weight is 474 g/mol. The molecule has 2 aromatic heterocycles. The average Bonchev–Trinajstić information content (AvgIpc) is 3.54. The van der Waals surface area contributed by atoms with Gasteiger partial charge in [-0.25, -0.2) is 9.50 Å². The van der Waals surface area contributed by atoms with E-state index < -0.39 is 0 Å². The Kier molecular flexibility index (Phi) is 6.44. The van der Waals surface area contributed by atoms with Gasteiger partial charge in [0.15, 0.2) is 5.65 Å². The van der Waals surface area contributed by atoms with Crippen LogP contribution in [0.15, 0.2) is 35.1 Å². The zero-order chi connectivity index (χ0) is 24.5. The Morgan fingerprint density at radius 2 is 1.97 bits per heavy atom. The van der Waals surface area contributed by atoms with Crippen LogP contribution in [0.5, 0.6) is 0 Å². The normalized spacial score (nSPS) is 19.7. The van der Waals surface area contributed by atoms with Crippen molar-refractivity contribution in [2.45, 2.75) is 57.3 Å². The number of hydrogen-bond acceptors (Lipinski definition) is 5. The molecule has 8 heteroatoms. The third-order valence-corrected chi connectivity index (χ3v) is 7.57. The lowest BCUT2D eigenvalue weighted by Gasteiger charge is -2.22. The first-order chi connectivity index (χ1) is 17.0. The Labute approximate surface area is 204 Å². The number of hydrogen-bond donors (Lipinski definition) is 2. The van der Waals surface area contributed by atoms with E-state index in [0.29, 0.717) is 42.4 Å². The summed E-state index contributed by atoms with van der Waals surface area (Å²) < 4.78 is 1.28. The summed E-state index contributed by atoms with van der Waals surface area (Å²) in [5, 5.41) is 22.1. The monoisotopic (exact) mass is 473 g/mol. The van der Waals surface area contributed by atoms with E-state index in [9.17, 15) is 20.0 Å². The van der Waals surface area contributed by atoms with Gasteiger partial charge in [-0.15, -0.1) is 0 Å². The molecule has 2 N–H and O–H groups in total. The second-order valence-corrected chi connectivity index (χ2v) is 9.95. The molecule has 1 unspecified atom stereocenters. The van der Waals surface area contributed by atoms with Crippen molar-refractivity contribution in [1.82, 2.24) is 19.5 Å². The van der Waals surface area contributed by atoms with Crippen molar-refractivity contribution < 1.29 is 9.90 Å². The van der Waals surface area contributed by atoms with Gasteiger partial charge >= 0.3 is 0 Å². The quantitative estimate of drug-likeness (QED) is 0.585. The standard InChI is InChI=1S/C27H31N5O3/c1-17(16-33)25-24(27(35)31-12-11-18(14-28)15-31)26-29-22(13-23(34)32(26)30-25)21-9-7-20(8-10-21)19-5-3-2-4-6-19/h7-10,13,17-19,30,33H,2-6,11-12,15-16H2,1H3/t17-,18?/m0/s1. The minimum absolute atomic E-state index is 0.182. The molecule has 5 rings (SSSR count). The SMILES string of the molecule is C[C@@H](CO)c1[nH]n2c(=O)cc(-c3ccc(C4CCCCC4)cc3)nc2c1C(=O)N1CCC(C#N)C1. The maximum absolute atomic E-state index is 13.6. The number of H-pyrrole nitrogens is 1. The largest absolute Gasteiger partial charge is 0.396 e. The highest BCUT2D eigenvalue weighted by Gasteiger charge is 2.32. The van der Waals surface area contributed by atoms with Crippen molar-refractivity contribution in [3.63, 3.8) is 0 Å². The highest BCUT2D eigenvalue weighted by molar-refractivity contribution is 6.01. The summed E-state index contributed by atoms with van der Waals surface area (Å²) in [5.74, 6) is -0.263. The van der Waals surface area contributed by atoms with Gasteiger partial charge in [-0.1, -0.05) is 50.5 Å². The van der Waals surface area contributed by atoms with Gasteiger partial charge in [0.2, 0.25) is 0 Å². The van der Waals surface area contributed by atoms with Crippen molar-refractivity contribution in [2.24, 2.45) is 5.92 Å². The van der Waals surface area contributed by atoms with Crippen molar-refractivity contribution in [2.75, 3.05) is 19.7 Å². The number of aliphatic hydroxyl groups excluding tert-OH is 1. The number of carbonyl (C=O) groups is 1. The second kappa shape index (κ2) is 9.67. The summed E-state index contributed by atoms with van der Waals surface area (Å²) in [4.78, 5) is 33.0. The number of nitrogens with zero attached hydrogens (tertiary/aromatic N) is 4. The van der Waals surface area contributed by atoms with Crippen LogP contribution in [0.25, 0.3) is 16.9 Å². The van der Waals surface area contributed by atoms with Crippen molar-refractivity contribution in [3.8, 4) is 17.3 Å². The summed E-state index contributed by atoms with van der Waals surface area (Å²) in [6.07, 6.45) is 6.91. The molecule has 1 aromatic carbocycles. The van der Waals surface area contributed by atoms with Crippen LogP contribution in [0, 0.1) is 17.2 Å². The van der Waals surface area contributed by atoms with Gasteiger partial charge in [-0.2, -0.15) is 5.26 Å². The summed E-state index contributed by atoms with van der Waals surface area (Å²) in [7, 11) is 0. The van der Waals surface area contributed by atoms with Gasteiger partial charge in [0.05, 0.1) is 30.0 Å². The van der Waals surface area contributed by atoms with E-state index in [0.717, 1.165) is 5.56 Å². The van der Waals surface area contributed by atoms with Gasteiger partial charge in [-0.3, -0.25) is 14.7 Å². The molecule has 1 saturated carbocycles. The first-order valence-corrected chi connectivity index (χ1v) is 12.6. The minimum atomic E-state index is -0.386. The lowest BCUT2D eigenvalue weighted by atomic mass is 9.84. The van der Waals surface area contributed by atoms with Crippen LogP contribution in [0.1, 0.15) is 78.9 Å². The molecule has 3 heterocycles. The Hall–Kier alpha value is -3.44.